The van der Waals surface area contributed by atoms with Crippen LogP contribution >= 0.6 is 0 Å². The van der Waals surface area contributed by atoms with Gasteiger partial charge in [-0.3, -0.25) is 0 Å². The van der Waals surface area contributed by atoms with Crippen molar-refractivity contribution in [3.8, 4) is 0 Å². The Hall–Kier alpha value is -2.40. The van der Waals surface area contributed by atoms with E-state index in [1.165, 1.54) is 0 Å². The molecule has 1 heterocycles. The second-order valence-corrected chi connectivity index (χ2v) is 8.33. The first kappa shape index (κ1) is 19.4. The van der Waals surface area contributed by atoms with Crippen molar-refractivity contribution in [1.29, 1.82) is 0 Å². The van der Waals surface area contributed by atoms with Gasteiger partial charge in [0, 0.05) is 0 Å². The molecule has 0 aliphatic rings. The van der Waals surface area contributed by atoms with Crippen molar-refractivity contribution in [2.24, 2.45) is 0 Å². The Kier molecular flexibility index (Phi) is 6.82. The van der Waals surface area contributed by atoms with E-state index < -0.39 is 5.69 Å². The van der Waals surface area contributed by atoms with Crippen molar-refractivity contribution in [2.45, 2.75) is 33.1 Å². The van der Waals surface area contributed by atoms with Crippen LogP contribution < -0.4 is 20.3 Å². The summed E-state index contributed by atoms with van der Waals surface area (Å²) in [5.41, 5.74) is 1.03. The fourth-order valence-corrected chi connectivity index (χ4v) is 4.99. The molecular formula is C21H22N2O3Se. The van der Waals surface area contributed by atoms with Gasteiger partial charge in [-0.25, -0.2) is 0 Å². The normalized spacial score (nSPS) is 10.9. The molecule has 3 rings (SSSR count). The van der Waals surface area contributed by atoms with E-state index in [-0.39, 0.29) is 27.2 Å². The van der Waals surface area contributed by atoms with Crippen molar-refractivity contribution in [1.82, 2.24) is 9.55 Å². The van der Waals surface area contributed by atoms with Crippen LogP contribution in [-0.2, 0) is 24.5 Å². The molecule has 0 atom stereocenters. The maximum atomic E-state index is 12.5. The summed E-state index contributed by atoms with van der Waals surface area (Å²) in [6, 6.07) is 19.8. The third kappa shape index (κ3) is 5.07. The van der Waals surface area contributed by atoms with Gasteiger partial charge in [-0.05, 0) is 0 Å². The molecule has 27 heavy (non-hydrogen) atoms. The van der Waals surface area contributed by atoms with Crippen LogP contribution in [0.3, 0.4) is 0 Å². The maximum absolute atomic E-state index is 12.5. The Morgan fingerprint density at radius 3 is 2.33 bits per heavy atom. The molecule has 1 N–H and O–H groups in total. The number of aromatic nitrogens is 2. The van der Waals surface area contributed by atoms with Gasteiger partial charge in [0.15, 0.2) is 0 Å². The summed E-state index contributed by atoms with van der Waals surface area (Å²) in [5, 5.41) is 0. The number of rotatable bonds is 8. The van der Waals surface area contributed by atoms with E-state index in [1.807, 2.05) is 67.6 Å². The summed E-state index contributed by atoms with van der Waals surface area (Å²) in [7, 11) is 0. The van der Waals surface area contributed by atoms with Crippen LogP contribution in [0.2, 0.25) is 0 Å². The average Bonchev–Trinajstić information content (AvgIpc) is 2.69. The van der Waals surface area contributed by atoms with Crippen LogP contribution in [0, 0.1) is 0 Å². The van der Waals surface area contributed by atoms with Gasteiger partial charge >= 0.3 is 164 Å². The summed E-state index contributed by atoms with van der Waals surface area (Å²) in [4.78, 5) is 27.3. The van der Waals surface area contributed by atoms with E-state index in [1.54, 1.807) is 4.57 Å². The fourth-order valence-electron chi connectivity index (χ4n) is 2.73. The predicted octanol–water partition coefficient (Wildman–Crippen LogP) is 1.32. The summed E-state index contributed by atoms with van der Waals surface area (Å²) in [6.45, 7) is 2.55. The Balaban J connectivity index is 1.91. The van der Waals surface area contributed by atoms with Crippen LogP contribution in [0.5, 0.6) is 0 Å². The zero-order valence-electron chi connectivity index (χ0n) is 15.2. The molecule has 0 spiro atoms. The van der Waals surface area contributed by atoms with Crippen LogP contribution in [0.15, 0.2) is 70.3 Å². The Labute approximate surface area is 164 Å². The van der Waals surface area contributed by atoms with Gasteiger partial charge < -0.3 is 0 Å². The van der Waals surface area contributed by atoms with Crippen LogP contribution in [0.4, 0.5) is 0 Å². The minimum absolute atomic E-state index is 0.116. The number of hydrogen-bond acceptors (Lipinski definition) is 3. The zero-order valence-corrected chi connectivity index (χ0v) is 16.9. The average molecular weight is 429 g/mol. The SMILES string of the molecule is CCCc1c([Se]c2ccccc2)n(COCc2ccccc2)c(=O)[nH]c1=O. The molecule has 6 heteroatoms. The van der Waals surface area contributed by atoms with E-state index >= 15 is 0 Å². The van der Waals surface area contributed by atoms with Gasteiger partial charge in [0.25, 0.3) is 0 Å². The quantitative estimate of drug-likeness (QED) is 0.550. The van der Waals surface area contributed by atoms with Crippen molar-refractivity contribution in [3.63, 3.8) is 0 Å². The van der Waals surface area contributed by atoms with Crippen molar-refractivity contribution >= 4 is 24.0 Å². The van der Waals surface area contributed by atoms with Gasteiger partial charge in [0.1, 0.15) is 0 Å². The molecule has 0 amide bonds. The summed E-state index contributed by atoms with van der Waals surface area (Å²) in [6.07, 6.45) is 1.47. The standard InChI is InChI=1S/C21H22N2O3Se/c1-2-9-18-19(24)22-21(25)23(15-26-14-16-10-5-3-6-11-16)20(18)27-17-12-7-4-8-13-17/h3-8,10-13H,2,9,14-15H2,1H3,(H,22,24,25). The third-order valence-corrected chi connectivity index (χ3v) is 6.48. The molecule has 3 aromatic rings. The Morgan fingerprint density at radius 2 is 1.67 bits per heavy atom. The second kappa shape index (κ2) is 9.51. The number of ether oxygens (including phenoxy) is 1. The molecule has 0 saturated carbocycles. The molecular weight excluding hydrogens is 407 g/mol. The van der Waals surface area contributed by atoms with Gasteiger partial charge in [0.2, 0.25) is 0 Å². The number of nitrogens with zero attached hydrogens (tertiary/aromatic N) is 1. The number of nitrogens with one attached hydrogen (secondary N) is 1. The van der Waals surface area contributed by atoms with Crippen molar-refractivity contribution < 1.29 is 4.74 Å². The molecule has 0 saturated heterocycles. The van der Waals surface area contributed by atoms with E-state index in [0.29, 0.717) is 18.6 Å². The Morgan fingerprint density at radius 1 is 1.00 bits per heavy atom. The first-order valence-electron chi connectivity index (χ1n) is 8.89. The second-order valence-electron chi connectivity index (χ2n) is 6.10. The minimum atomic E-state index is -0.416. The van der Waals surface area contributed by atoms with E-state index in [2.05, 4.69) is 4.98 Å². The number of hydrogen-bond donors (Lipinski definition) is 1. The predicted molar refractivity (Wildman–Crippen MR) is 108 cm³/mol. The summed E-state index contributed by atoms with van der Waals surface area (Å²) >= 11 is -0.157. The molecule has 0 bridgehead atoms. The van der Waals surface area contributed by atoms with Gasteiger partial charge in [-0.1, -0.05) is 0 Å². The molecule has 5 nitrogen and oxygen atoms in total. The third-order valence-electron chi connectivity index (χ3n) is 4.03. The van der Waals surface area contributed by atoms with Gasteiger partial charge in [0.05, 0.1) is 0 Å². The van der Waals surface area contributed by atoms with Crippen LogP contribution in [0.1, 0.15) is 24.5 Å². The molecule has 1 aromatic heterocycles. The monoisotopic (exact) mass is 430 g/mol. The number of H-pyrrole nitrogens is 1. The molecule has 0 unspecified atom stereocenters. The van der Waals surface area contributed by atoms with E-state index in [0.717, 1.165) is 21.0 Å². The summed E-state index contributed by atoms with van der Waals surface area (Å²) in [5.74, 6) is 0. The Bertz CT molecular complexity index is 982. The first-order chi connectivity index (χ1) is 13.2. The molecule has 0 radical (unpaired) electrons. The first-order valence-corrected chi connectivity index (χ1v) is 10.6. The van der Waals surface area contributed by atoms with Gasteiger partial charge in [-0.15, -0.1) is 0 Å². The van der Waals surface area contributed by atoms with Gasteiger partial charge in [-0.2, -0.15) is 0 Å². The van der Waals surface area contributed by atoms with E-state index in [4.69, 9.17) is 4.74 Å². The van der Waals surface area contributed by atoms with Crippen LogP contribution in [0.25, 0.3) is 0 Å². The summed E-state index contributed by atoms with van der Waals surface area (Å²) < 4.78 is 9.26. The topological polar surface area (TPSA) is 64.1 Å². The number of aromatic amines is 1. The molecule has 0 aliphatic carbocycles. The molecule has 140 valence electrons. The van der Waals surface area contributed by atoms with E-state index in [9.17, 15) is 9.59 Å². The fraction of sp³-hybridized carbons (Fsp3) is 0.238. The van der Waals surface area contributed by atoms with Crippen molar-refractivity contribution in [3.05, 3.63) is 92.6 Å². The zero-order chi connectivity index (χ0) is 19.1. The number of benzene rings is 2. The molecule has 2 aromatic carbocycles. The molecule has 0 aliphatic heterocycles. The van der Waals surface area contributed by atoms with Crippen LogP contribution in [-0.4, -0.2) is 24.5 Å². The van der Waals surface area contributed by atoms with Crippen molar-refractivity contribution in [2.75, 3.05) is 0 Å². The molecule has 0 fully saturated rings.